The molecular weight excluding hydrogens is 290 g/mol. The molecule has 0 spiro atoms. The zero-order valence-corrected chi connectivity index (χ0v) is 12.9. The summed E-state index contributed by atoms with van der Waals surface area (Å²) in [7, 11) is 3.51. The molecule has 0 saturated carbocycles. The Morgan fingerprint density at radius 1 is 1.00 bits per heavy atom. The molecule has 0 amide bonds. The first-order valence-electron chi connectivity index (χ1n) is 7.35. The predicted octanol–water partition coefficient (Wildman–Crippen LogP) is 3.96. The Kier molecular flexibility index (Phi) is 2.98. The van der Waals surface area contributed by atoms with Crippen molar-refractivity contribution in [2.24, 2.45) is 7.05 Å². The van der Waals surface area contributed by atoms with E-state index in [-0.39, 0.29) is 5.63 Å². The molecule has 2 aromatic heterocycles. The quantitative estimate of drug-likeness (QED) is 0.563. The van der Waals surface area contributed by atoms with Crippen LogP contribution < -0.4 is 10.4 Å². The van der Waals surface area contributed by atoms with E-state index in [1.54, 1.807) is 7.11 Å². The Bertz CT molecular complexity index is 1070. The molecule has 0 fully saturated rings. The van der Waals surface area contributed by atoms with Crippen molar-refractivity contribution in [2.75, 3.05) is 7.11 Å². The lowest BCUT2D eigenvalue weighted by atomic mass is 10.1. The molecule has 0 aliphatic heterocycles. The molecule has 0 aliphatic carbocycles. The molecule has 114 valence electrons. The Labute approximate surface area is 132 Å². The fraction of sp³-hybridized carbons (Fsp3) is 0.105. The third-order valence-corrected chi connectivity index (χ3v) is 4.18. The highest BCUT2D eigenvalue weighted by molar-refractivity contribution is 6.08. The predicted molar refractivity (Wildman–Crippen MR) is 90.9 cm³/mol. The zero-order valence-electron chi connectivity index (χ0n) is 12.9. The first-order valence-corrected chi connectivity index (χ1v) is 7.35. The summed E-state index contributed by atoms with van der Waals surface area (Å²) >= 11 is 0. The number of fused-ring (bicyclic) bond motifs is 3. The number of aromatic nitrogens is 1. The van der Waals surface area contributed by atoms with Crippen molar-refractivity contribution in [2.45, 2.75) is 0 Å². The fourth-order valence-corrected chi connectivity index (χ4v) is 3.03. The van der Waals surface area contributed by atoms with Crippen LogP contribution in [0, 0.1) is 0 Å². The SMILES string of the molecule is COc1ccc2c(c1)c1cc(-c3ccccc3)oc(=O)c1n2C. The summed E-state index contributed by atoms with van der Waals surface area (Å²) in [5, 5.41) is 1.85. The average Bonchev–Trinajstić information content (AvgIpc) is 2.88. The molecule has 23 heavy (non-hydrogen) atoms. The maximum Gasteiger partial charge on any atom is 0.361 e. The van der Waals surface area contributed by atoms with Gasteiger partial charge in [0.05, 0.1) is 7.11 Å². The van der Waals surface area contributed by atoms with E-state index in [1.165, 1.54) is 0 Å². The monoisotopic (exact) mass is 305 g/mol. The van der Waals surface area contributed by atoms with Gasteiger partial charge >= 0.3 is 5.63 Å². The topological polar surface area (TPSA) is 44.4 Å². The molecule has 0 unspecified atom stereocenters. The molecule has 2 heterocycles. The number of rotatable bonds is 2. The number of benzene rings is 2. The summed E-state index contributed by atoms with van der Waals surface area (Å²) in [4.78, 5) is 12.5. The van der Waals surface area contributed by atoms with Crippen LogP contribution in [0.2, 0.25) is 0 Å². The van der Waals surface area contributed by atoms with E-state index in [2.05, 4.69) is 0 Å². The van der Waals surface area contributed by atoms with Crippen molar-refractivity contribution in [3.63, 3.8) is 0 Å². The molecular formula is C19H15NO3. The van der Waals surface area contributed by atoms with E-state index in [9.17, 15) is 4.79 Å². The van der Waals surface area contributed by atoms with Crippen molar-refractivity contribution >= 4 is 21.8 Å². The van der Waals surface area contributed by atoms with Crippen LogP contribution in [0.1, 0.15) is 0 Å². The molecule has 0 aliphatic rings. The molecule has 0 N–H and O–H groups in total. The van der Waals surface area contributed by atoms with Gasteiger partial charge < -0.3 is 13.7 Å². The summed E-state index contributed by atoms with van der Waals surface area (Å²) in [6.45, 7) is 0. The van der Waals surface area contributed by atoms with E-state index in [0.29, 0.717) is 11.3 Å². The van der Waals surface area contributed by atoms with E-state index >= 15 is 0 Å². The van der Waals surface area contributed by atoms with E-state index in [1.807, 2.05) is 66.2 Å². The Morgan fingerprint density at radius 2 is 1.78 bits per heavy atom. The largest absolute Gasteiger partial charge is 0.497 e. The second kappa shape index (κ2) is 5.02. The zero-order chi connectivity index (χ0) is 16.0. The summed E-state index contributed by atoms with van der Waals surface area (Å²) in [6.07, 6.45) is 0. The summed E-state index contributed by atoms with van der Waals surface area (Å²) in [6, 6.07) is 17.3. The highest BCUT2D eigenvalue weighted by Crippen LogP contribution is 2.32. The first kappa shape index (κ1) is 13.6. The second-order valence-corrected chi connectivity index (χ2v) is 5.47. The summed E-state index contributed by atoms with van der Waals surface area (Å²) in [5.41, 5.74) is 2.08. The van der Waals surface area contributed by atoms with Crippen LogP contribution in [0.3, 0.4) is 0 Å². The second-order valence-electron chi connectivity index (χ2n) is 5.47. The molecule has 0 saturated heterocycles. The van der Waals surface area contributed by atoms with E-state index in [0.717, 1.165) is 27.6 Å². The van der Waals surface area contributed by atoms with Crippen LogP contribution in [0.25, 0.3) is 33.1 Å². The maximum absolute atomic E-state index is 12.5. The first-order chi connectivity index (χ1) is 11.2. The van der Waals surface area contributed by atoms with Crippen LogP contribution in [0.15, 0.2) is 63.8 Å². The minimum atomic E-state index is -0.334. The normalized spacial score (nSPS) is 11.2. The Hall–Kier alpha value is -3.01. The molecule has 0 bridgehead atoms. The van der Waals surface area contributed by atoms with Gasteiger partial charge in [-0.1, -0.05) is 30.3 Å². The number of ether oxygens (including phenoxy) is 1. The van der Waals surface area contributed by atoms with Gasteiger partial charge in [0, 0.05) is 28.9 Å². The number of aryl methyl sites for hydroxylation is 1. The van der Waals surface area contributed by atoms with Crippen LogP contribution >= 0.6 is 0 Å². The van der Waals surface area contributed by atoms with E-state index < -0.39 is 0 Å². The standard InChI is InChI=1S/C19H15NO3/c1-20-16-9-8-13(22-2)10-14(16)15-11-17(23-19(21)18(15)20)12-6-4-3-5-7-12/h3-11H,1-2H3. The summed E-state index contributed by atoms with van der Waals surface area (Å²) in [5.74, 6) is 1.33. The lowest BCUT2D eigenvalue weighted by molar-refractivity contribution is 0.415. The van der Waals surface area contributed by atoms with Gasteiger partial charge in [0.15, 0.2) is 0 Å². The number of methoxy groups -OCH3 is 1. The smallest absolute Gasteiger partial charge is 0.361 e. The number of hydrogen-bond acceptors (Lipinski definition) is 3. The maximum atomic E-state index is 12.5. The van der Waals surface area contributed by atoms with Gasteiger partial charge in [0.25, 0.3) is 0 Å². The van der Waals surface area contributed by atoms with Gasteiger partial charge in [-0.3, -0.25) is 0 Å². The minimum absolute atomic E-state index is 0.334. The third-order valence-electron chi connectivity index (χ3n) is 4.18. The minimum Gasteiger partial charge on any atom is -0.497 e. The molecule has 0 radical (unpaired) electrons. The summed E-state index contributed by atoms with van der Waals surface area (Å²) < 4.78 is 12.7. The van der Waals surface area contributed by atoms with Crippen molar-refractivity contribution in [3.8, 4) is 17.1 Å². The lowest BCUT2D eigenvalue weighted by Crippen LogP contribution is -2.04. The van der Waals surface area contributed by atoms with Crippen LogP contribution in [-0.2, 0) is 7.05 Å². The van der Waals surface area contributed by atoms with E-state index in [4.69, 9.17) is 9.15 Å². The van der Waals surface area contributed by atoms with Gasteiger partial charge in [0.1, 0.15) is 17.0 Å². The molecule has 2 aromatic carbocycles. The van der Waals surface area contributed by atoms with Gasteiger partial charge in [-0.2, -0.15) is 0 Å². The van der Waals surface area contributed by atoms with Crippen molar-refractivity contribution in [3.05, 3.63) is 65.0 Å². The molecule has 4 nitrogen and oxygen atoms in total. The fourth-order valence-electron chi connectivity index (χ4n) is 3.03. The molecule has 4 aromatic rings. The lowest BCUT2D eigenvalue weighted by Gasteiger charge is -2.01. The third kappa shape index (κ3) is 2.03. The van der Waals surface area contributed by atoms with Crippen molar-refractivity contribution < 1.29 is 9.15 Å². The van der Waals surface area contributed by atoms with Crippen LogP contribution in [0.4, 0.5) is 0 Å². The number of nitrogens with zero attached hydrogens (tertiary/aromatic N) is 1. The molecule has 4 rings (SSSR count). The van der Waals surface area contributed by atoms with Gasteiger partial charge in [-0.15, -0.1) is 0 Å². The van der Waals surface area contributed by atoms with Crippen molar-refractivity contribution in [1.82, 2.24) is 4.57 Å². The average molecular weight is 305 g/mol. The van der Waals surface area contributed by atoms with Crippen LogP contribution in [-0.4, -0.2) is 11.7 Å². The van der Waals surface area contributed by atoms with Crippen LogP contribution in [0.5, 0.6) is 5.75 Å². The highest BCUT2D eigenvalue weighted by Gasteiger charge is 2.15. The van der Waals surface area contributed by atoms with Gasteiger partial charge in [-0.05, 0) is 24.3 Å². The Balaban J connectivity index is 2.12. The number of hydrogen-bond donors (Lipinski definition) is 0. The highest BCUT2D eigenvalue weighted by atomic mass is 16.5. The van der Waals surface area contributed by atoms with Crippen molar-refractivity contribution in [1.29, 1.82) is 0 Å². The van der Waals surface area contributed by atoms with Gasteiger partial charge in [-0.25, -0.2) is 4.79 Å². The van der Waals surface area contributed by atoms with Gasteiger partial charge in [0.2, 0.25) is 0 Å². The molecule has 4 heteroatoms. The Morgan fingerprint density at radius 3 is 2.52 bits per heavy atom. The molecule has 0 atom stereocenters.